The minimum Gasteiger partial charge on any atom is -0.362 e. The summed E-state index contributed by atoms with van der Waals surface area (Å²) in [6.45, 7) is 1.25. The molecule has 15 nitrogen and oxygen atoms in total. The summed E-state index contributed by atoms with van der Waals surface area (Å²) in [6.07, 6.45) is 3.51. The first-order valence-electron chi connectivity index (χ1n) is 9.76. The number of hydrogen-bond acceptors (Lipinski definition) is 11. The van der Waals surface area contributed by atoms with Gasteiger partial charge >= 0.3 is 0 Å². The molecule has 1 aliphatic rings. The molecular weight excluding hydrogens is 474 g/mol. The Kier molecular flexibility index (Phi) is 6.16. The van der Waals surface area contributed by atoms with E-state index in [1.807, 2.05) is 15.7 Å². The highest BCUT2D eigenvalue weighted by Crippen LogP contribution is 2.39. The van der Waals surface area contributed by atoms with E-state index < -0.39 is 35.9 Å². The number of benzene rings is 1. The van der Waals surface area contributed by atoms with Crippen LogP contribution < -0.4 is 26.2 Å². The van der Waals surface area contributed by atoms with E-state index in [2.05, 4.69) is 30.3 Å². The van der Waals surface area contributed by atoms with Crippen molar-refractivity contribution in [2.45, 2.75) is 28.9 Å². The SMILES string of the molecule is NCC(CN)NS(=O)(=O)c1ccc(N2CCn3ccnc3C2)c(-c2nn[nH]n2)c1S(N)(=O)=O. The third kappa shape index (κ3) is 4.45. The van der Waals surface area contributed by atoms with Gasteiger partial charge in [0.25, 0.3) is 0 Å². The molecular formula is C16H23N11O4S2. The average molecular weight is 498 g/mol. The number of H-pyrrole nitrogens is 1. The molecule has 8 N–H and O–H groups in total. The summed E-state index contributed by atoms with van der Waals surface area (Å²) < 4.78 is 56.0. The van der Waals surface area contributed by atoms with Gasteiger partial charge in [-0.1, -0.05) is 0 Å². The smallest absolute Gasteiger partial charge is 0.242 e. The summed E-state index contributed by atoms with van der Waals surface area (Å²) >= 11 is 0. The molecule has 1 aliphatic heterocycles. The zero-order chi connectivity index (χ0) is 23.8. The maximum Gasteiger partial charge on any atom is 0.242 e. The van der Waals surface area contributed by atoms with Gasteiger partial charge < -0.3 is 20.9 Å². The highest BCUT2D eigenvalue weighted by atomic mass is 32.2. The summed E-state index contributed by atoms with van der Waals surface area (Å²) in [6, 6.07) is 1.84. The number of nitrogens with one attached hydrogen (secondary N) is 2. The molecule has 0 saturated carbocycles. The second-order valence-corrected chi connectivity index (χ2v) is 10.5. The summed E-state index contributed by atoms with van der Waals surface area (Å²) in [5.41, 5.74) is 11.4. The molecule has 0 radical (unpaired) electrons. The molecule has 0 spiro atoms. The summed E-state index contributed by atoms with van der Waals surface area (Å²) in [4.78, 5) is 4.92. The zero-order valence-electron chi connectivity index (χ0n) is 17.3. The van der Waals surface area contributed by atoms with Crippen LogP contribution in [0.1, 0.15) is 5.82 Å². The highest BCUT2D eigenvalue weighted by molar-refractivity contribution is 7.92. The van der Waals surface area contributed by atoms with E-state index in [0.717, 1.165) is 5.82 Å². The van der Waals surface area contributed by atoms with E-state index in [1.165, 1.54) is 12.1 Å². The average Bonchev–Trinajstić information content (AvgIpc) is 3.47. The molecule has 2 aromatic heterocycles. The van der Waals surface area contributed by atoms with Gasteiger partial charge in [-0.2, -0.15) is 5.21 Å². The Labute approximate surface area is 189 Å². The molecule has 0 unspecified atom stereocenters. The van der Waals surface area contributed by atoms with Gasteiger partial charge in [-0.05, 0) is 17.3 Å². The van der Waals surface area contributed by atoms with Crippen LogP contribution >= 0.6 is 0 Å². The van der Waals surface area contributed by atoms with E-state index in [-0.39, 0.29) is 24.5 Å². The zero-order valence-corrected chi connectivity index (χ0v) is 18.9. The van der Waals surface area contributed by atoms with Gasteiger partial charge in [-0.25, -0.2) is 31.7 Å². The van der Waals surface area contributed by atoms with Crippen LogP contribution in [0.3, 0.4) is 0 Å². The molecule has 0 amide bonds. The predicted octanol–water partition coefficient (Wildman–Crippen LogP) is -2.70. The number of imidazole rings is 1. The van der Waals surface area contributed by atoms with Crippen LogP contribution in [0.15, 0.2) is 34.3 Å². The molecule has 1 aromatic carbocycles. The van der Waals surface area contributed by atoms with Gasteiger partial charge in [-0.3, -0.25) is 0 Å². The number of aromatic amines is 1. The summed E-state index contributed by atoms with van der Waals surface area (Å²) in [5.74, 6) is 0.624. The normalized spacial score (nSPS) is 14.6. The second-order valence-electron chi connectivity index (χ2n) is 7.32. The lowest BCUT2D eigenvalue weighted by molar-refractivity contribution is 0.547. The largest absolute Gasteiger partial charge is 0.362 e. The van der Waals surface area contributed by atoms with Crippen LogP contribution in [0.4, 0.5) is 5.69 Å². The minimum atomic E-state index is -4.58. The Hall–Kier alpha value is -2.96. The number of sulfonamides is 2. The van der Waals surface area contributed by atoms with Crippen molar-refractivity contribution >= 4 is 25.7 Å². The standard InChI is InChI=1S/C16H23N11O4S2/c17-7-10(8-18)23-33(30,31)12-2-1-11(27-6-5-26-4-3-20-13(26)9-27)14(15(12)32(19,28)29)16-21-24-25-22-16/h1-4,10,23H,5-9,17-18H2,(H2,19,28,29)(H,21,22,24,25). The van der Waals surface area contributed by atoms with Gasteiger partial charge in [0.1, 0.15) is 15.6 Å². The second kappa shape index (κ2) is 8.76. The number of nitrogens with zero attached hydrogens (tertiary/aromatic N) is 6. The molecule has 178 valence electrons. The van der Waals surface area contributed by atoms with Crippen LogP contribution in [0, 0.1) is 0 Å². The Morgan fingerprint density at radius 1 is 1.15 bits per heavy atom. The molecule has 4 rings (SSSR count). The first-order chi connectivity index (χ1) is 15.7. The third-order valence-corrected chi connectivity index (χ3v) is 7.90. The number of tetrazole rings is 1. The Morgan fingerprint density at radius 2 is 1.91 bits per heavy atom. The van der Waals surface area contributed by atoms with Crippen LogP contribution in [0.2, 0.25) is 0 Å². The lowest BCUT2D eigenvalue weighted by Crippen LogP contribution is -2.45. The molecule has 17 heteroatoms. The first-order valence-corrected chi connectivity index (χ1v) is 12.8. The summed E-state index contributed by atoms with van der Waals surface area (Å²) in [7, 11) is -8.97. The molecule has 3 aromatic rings. The monoisotopic (exact) mass is 497 g/mol. The molecule has 0 bridgehead atoms. The third-order valence-electron chi connectivity index (χ3n) is 5.22. The number of aromatic nitrogens is 6. The van der Waals surface area contributed by atoms with Crippen LogP contribution in [0.25, 0.3) is 11.4 Å². The molecule has 0 fully saturated rings. The highest BCUT2D eigenvalue weighted by Gasteiger charge is 2.34. The lowest BCUT2D eigenvalue weighted by Gasteiger charge is -2.31. The van der Waals surface area contributed by atoms with Gasteiger partial charge in [0.2, 0.25) is 25.9 Å². The topological polar surface area (TPSA) is 234 Å². The van der Waals surface area contributed by atoms with Crippen molar-refractivity contribution in [3.63, 3.8) is 0 Å². The molecule has 33 heavy (non-hydrogen) atoms. The van der Waals surface area contributed by atoms with Crippen molar-refractivity contribution in [3.8, 4) is 11.4 Å². The van der Waals surface area contributed by atoms with Crippen LogP contribution in [0.5, 0.6) is 0 Å². The van der Waals surface area contributed by atoms with E-state index in [9.17, 15) is 16.8 Å². The van der Waals surface area contributed by atoms with Gasteiger partial charge in [0.05, 0.1) is 12.1 Å². The van der Waals surface area contributed by atoms with Gasteiger partial charge in [-0.15, -0.1) is 10.2 Å². The van der Waals surface area contributed by atoms with E-state index in [1.54, 1.807) is 6.20 Å². The maximum absolute atomic E-state index is 13.1. The Morgan fingerprint density at radius 3 is 2.55 bits per heavy atom. The fraction of sp³-hybridized carbons (Fsp3) is 0.375. The first kappa shape index (κ1) is 23.2. The van der Waals surface area contributed by atoms with Crippen molar-refractivity contribution < 1.29 is 16.8 Å². The number of nitrogens with two attached hydrogens (primary N) is 3. The number of primary sulfonamides is 1. The van der Waals surface area contributed by atoms with Crippen molar-refractivity contribution in [1.29, 1.82) is 0 Å². The van der Waals surface area contributed by atoms with Gasteiger partial charge in [0, 0.05) is 50.3 Å². The lowest BCUT2D eigenvalue weighted by atomic mass is 10.1. The molecule has 3 heterocycles. The summed E-state index contributed by atoms with van der Waals surface area (Å²) in [5, 5.41) is 19.1. The Bertz CT molecular complexity index is 1350. The number of anilines is 1. The minimum absolute atomic E-state index is 0.0867. The van der Waals surface area contributed by atoms with Gasteiger partial charge in [0.15, 0.2) is 0 Å². The predicted molar refractivity (Wildman–Crippen MR) is 116 cm³/mol. The molecule has 0 aliphatic carbocycles. The maximum atomic E-state index is 13.1. The van der Waals surface area contributed by atoms with Crippen molar-refractivity contribution in [2.75, 3.05) is 24.5 Å². The number of fused-ring (bicyclic) bond motifs is 1. The van der Waals surface area contributed by atoms with Crippen LogP contribution in [-0.4, -0.2) is 72.7 Å². The number of hydrogen-bond donors (Lipinski definition) is 5. The van der Waals surface area contributed by atoms with Crippen molar-refractivity contribution in [3.05, 3.63) is 30.4 Å². The van der Waals surface area contributed by atoms with Crippen LogP contribution in [-0.2, 0) is 33.1 Å². The fourth-order valence-electron chi connectivity index (χ4n) is 3.65. The fourth-order valence-corrected chi connectivity index (χ4v) is 6.51. The number of rotatable bonds is 8. The molecule has 0 saturated heterocycles. The molecule has 0 atom stereocenters. The van der Waals surface area contributed by atoms with Crippen molar-refractivity contribution in [2.24, 2.45) is 16.6 Å². The Balaban J connectivity index is 1.94. The van der Waals surface area contributed by atoms with Crippen molar-refractivity contribution in [1.82, 2.24) is 34.9 Å². The van der Waals surface area contributed by atoms with E-state index in [4.69, 9.17) is 16.6 Å². The van der Waals surface area contributed by atoms with E-state index in [0.29, 0.717) is 25.3 Å². The quantitative estimate of drug-likeness (QED) is 0.214. The van der Waals surface area contributed by atoms with E-state index >= 15 is 0 Å².